The summed E-state index contributed by atoms with van der Waals surface area (Å²) in [6.45, 7) is 0.384. The molecule has 1 N–H and O–H groups in total. The number of hydrogen-bond acceptors (Lipinski definition) is 2. The molecule has 0 aliphatic carbocycles. The Kier molecular flexibility index (Phi) is 3.46. The highest BCUT2D eigenvalue weighted by atomic mass is 16.5. The van der Waals surface area contributed by atoms with Gasteiger partial charge in [-0.2, -0.15) is 0 Å². The zero-order chi connectivity index (χ0) is 9.68. The van der Waals surface area contributed by atoms with Crippen molar-refractivity contribution in [2.24, 2.45) is 0 Å². The van der Waals surface area contributed by atoms with Gasteiger partial charge in [-0.15, -0.1) is 0 Å². The van der Waals surface area contributed by atoms with Crippen molar-refractivity contribution < 1.29 is 14.4 Å². The lowest BCUT2D eigenvalue weighted by atomic mass is 10.3. The van der Waals surface area contributed by atoms with Crippen LogP contribution in [0.4, 0.5) is 0 Å². The molecule has 70 valence electrons. The summed E-state index contributed by atoms with van der Waals surface area (Å²) in [6.07, 6.45) is 0. The van der Waals surface area contributed by atoms with Gasteiger partial charge in [0, 0.05) is 0 Å². The standard InChI is InChI=1S/C10H13NO2/c1-11(2)8-10(12)13-9-6-4-3-5-7-9/h3-7H,8H2,1-2H3/p+1. The molecule has 13 heavy (non-hydrogen) atoms. The Labute approximate surface area is 77.9 Å². The Morgan fingerprint density at radius 1 is 1.31 bits per heavy atom. The summed E-state index contributed by atoms with van der Waals surface area (Å²) < 4.78 is 5.07. The minimum Gasteiger partial charge on any atom is -0.422 e. The summed E-state index contributed by atoms with van der Waals surface area (Å²) in [5, 5.41) is 0. The van der Waals surface area contributed by atoms with E-state index in [0.29, 0.717) is 12.3 Å². The number of quaternary nitrogens is 1. The van der Waals surface area contributed by atoms with E-state index in [2.05, 4.69) is 0 Å². The first-order chi connectivity index (χ1) is 6.18. The highest BCUT2D eigenvalue weighted by Crippen LogP contribution is 2.07. The predicted molar refractivity (Wildman–Crippen MR) is 49.8 cm³/mol. The molecule has 0 atom stereocenters. The second-order valence-electron chi connectivity index (χ2n) is 3.17. The second-order valence-corrected chi connectivity index (χ2v) is 3.17. The van der Waals surface area contributed by atoms with Crippen LogP contribution in [0.2, 0.25) is 0 Å². The van der Waals surface area contributed by atoms with E-state index in [1.807, 2.05) is 32.3 Å². The van der Waals surface area contributed by atoms with Gasteiger partial charge in [0.15, 0.2) is 6.54 Å². The van der Waals surface area contributed by atoms with Gasteiger partial charge in [0.1, 0.15) is 5.75 Å². The molecule has 1 rings (SSSR count). The molecule has 0 radical (unpaired) electrons. The lowest BCUT2D eigenvalue weighted by Crippen LogP contribution is -3.06. The van der Waals surface area contributed by atoms with Crippen molar-refractivity contribution in [2.45, 2.75) is 0 Å². The molecule has 0 aliphatic heterocycles. The van der Waals surface area contributed by atoms with Gasteiger partial charge >= 0.3 is 5.97 Å². The molecule has 0 fully saturated rings. The highest BCUT2D eigenvalue weighted by molar-refractivity contribution is 5.73. The first kappa shape index (κ1) is 9.74. The number of carbonyl (C=O) groups excluding carboxylic acids is 1. The van der Waals surface area contributed by atoms with Crippen molar-refractivity contribution in [3.63, 3.8) is 0 Å². The summed E-state index contributed by atoms with van der Waals surface area (Å²) in [5.41, 5.74) is 0. The zero-order valence-corrected chi connectivity index (χ0v) is 7.91. The number of ether oxygens (including phenoxy) is 1. The van der Waals surface area contributed by atoms with Gasteiger partial charge in [-0.05, 0) is 12.1 Å². The maximum absolute atomic E-state index is 11.2. The summed E-state index contributed by atoms with van der Waals surface area (Å²) in [6, 6.07) is 9.09. The minimum absolute atomic E-state index is 0.203. The molecule has 0 amide bonds. The molecule has 0 spiro atoms. The normalized spacial score (nSPS) is 10.1. The molecule has 0 aliphatic rings. The van der Waals surface area contributed by atoms with Crippen LogP contribution in [-0.2, 0) is 4.79 Å². The number of hydrogen-bond donors (Lipinski definition) is 1. The molecule has 3 heteroatoms. The van der Waals surface area contributed by atoms with Crippen LogP contribution in [0.1, 0.15) is 0 Å². The summed E-state index contributed by atoms with van der Waals surface area (Å²) in [7, 11) is 3.82. The number of para-hydroxylation sites is 1. The fourth-order valence-corrected chi connectivity index (χ4v) is 0.945. The molecule has 0 saturated heterocycles. The van der Waals surface area contributed by atoms with Crippen LogP contribution in [0.25, 0.3) is 0 Å². The maximum atomic E-state index is 11.2. The van der Waals surface area contributed by atoms with Gasteiger partial charge in [0.05, 0.1) is 14.1 Å². The van der Waals surface area contributed by atoms with Crippen molar-refractivity contribution in [2.75, 3.05) is 20.6 Å². The van der Waals surface area contributed by atoms with E-state index in [1.54, 1.807) is 12.1 Å². The van der Waals surface area contributed by atoms with Crippen molar-refractivity contribution in [3.05, 3.63) is 30.3 Å². The lowest BCUT2D eigenvalue weighted by molar-refractivity contribution is -0.850. The Hall–Kier alpha value is -1.35. The average molecular weight is 180 g/mol. The monoisotopic (exact) mass is 180 g/mol. The van der Waals surface area contributed by atoms with E-state index in [4.69, 9.17) is 4.74 Å². The highest BCUT2D eigenvalue weighted by Gasteiger charge is 2.07. The zero-order valence-electron chi connectivity index (χ0n) is 7.91. The molecule has 0 bridgehead atoms. The minimum atomic E-state index is -0.203. The number of rotatable bonds is 3. The van der Waals surface area contributed by atoms with Crippen LogP contribution in [0.5, 0.6) is 5.75 Å². The summed E-state index contributed by atoms with van der Waals surface area (Å²) >= 11 is 0. The number of benzene rings is 1. The van der Waals surface area contributed by atoms with Crippen molar-refractivity contribution in [1.82, 2.24) is 0 Å². The van der Waals surface area contributed by atoms with Gasteiger partial charge < -0.3 is 9.64 Å². The molecular formula is C10H14NO2+. The van der Waals surface area contributed by atoms with Gasteiger partial charge in [-0.1, -0.05) is 18.2 Å². The Morgan fingerprint density at radius 3 is 2.46 bits per heavy atom. The molecule has 0 unspecified atom stereocenters. The molecule has 0 heterocycles. The first-order valence-corrected chi connectivity index (χ1v) is 4.23. The van der Waals surface area contributed by atoms with Crippen LogP contribution >= 0.6 is 0 Å². The number of carbonyl (C=O) groups is 1. The Bertz CT molecular complexity index is 270. The van der Waals surface area contributed by atoms with E-state index in [9.17, 15) is 4.79 Å². The third-order valence-electron chi connectivity index (χ3n) is 1.47. The first-order valence-electron chi connectivity index (χ1n) is 4.23. The molecule has 1 aromatic rings. The van der Waals surface area contributed by atoms with E-state index in [0.717, 1.165) is 4.90 Å². The maximum Gasteiger partial charge on any atom is 0.367 e. The van der Waals surface area contributed by atoms with Gasteiger partial charge in [-0.25, -0.2) is 4.79 Å². The molecule has 1 aromatic carbocycles. The molecule has 0 saturated carbocycles. The topological polar surface area (TPSA) is 30.7 Å². The Morgan fingerprint density at radius 2 is 1.92 bits per heavy atom. The van der Waals surface area contributed by atoms with E-state index in [1.165, 1.54) is 0 Å². The predicted octanol–water partition coefficient (Wildman–Crippen LogP) is -0.263. The molecule has 3 nitrogen and oxygen atoms in total. The third kappa shape index (κ3) is 3.71. The van der Waals surface area contributed by atoms with Crippen molar-refractivity contribution in [3.8, 4) is 5.75 Å². The quantitative estimate of drug-likeness (QED) is 0.513. The van der Waals surface area contributed by atoms with Crippen LogP contribution in [-0.4, -0.2) is 26.6 Å². The lowest BCUT2D eigenvalue weighted by Gasteiger charge is -2.06. The fraction of sp³-hybridized carbons (Fsp3) is 0.300. The second kappa shape index (κ2) is 4.62. The van der Waals surface area contributed by atoms with Crippen LogP contribution in [0, 0.1) is 0 Å². The number of esters is 1. The molecule has 0 aromatic heterocycles. The van der Waals surface area contributed by atoms with E-state index in [-0.39, 0.29) is 5.97 Å². The number of nitrogens with one attached hydrogen (secondary N) is 1. The van der Waals surface area contributed by atoms with Crippen molar-refractivity contribution >= 4 is 5.97 Å². The Balaban J connectivity index is 2.46. The van der Waals surface area contributed by atoms with Gasteiger partial charge in [0.25, 0.3) is 0 Å². The smallest absolute Gasteiger partial charge is 0.367 e. The number of likely N-dealkylation sites (N-methyl/N-ethyl adjacent to an activating group) is 1. The summed E-state index contributed by atoms with van der Waals surface area (Å²) in [4.78, 5) is 12.2. The van der Waals surface area contributed by atoms with Crippen LogP contribution < -0.4 is 9.64 Å². The van der Waals surface area contributed by atoms with Gasteiger partial charge in [0.2, 0.25) is 0 Å². The molecular weight excluding hydrogens is 166 g/mol. The average Bonchev–Trinajstić information content (AvgIpc) is 2.04. The summed E-state index contributed by atoms with van der Waals surface area (Å²) in [5.74, 6) is 0.403. The fourth-order valence-electron chi connectivity index (χ4n) is 0.945. The van der Waals surface area contributed by atoms with E-state index >= 15 is 0 Å². The van der Waals surface area contributed by atoms with Crippen LogP contribution in [0.3, 0.4) is 0 Å². The van der Waals surface area contributed by atoms with Gasteiger partial charge in [-0.3, -0.25) is 0 Å². The largest absolute Gasteiger partial charge is 0.422 e. The SMILES string of the molecule is C[NH+](C)CC(=O)Oc1ccccc1. The third-order valence-corrected chi connectivity index (χ3v) is 1.47. The van der Waals surface area contributed by atoms with E-state index < -0.39 is 0 Å². The van der Waals surface area contributed by atoms with Crippen molar-refractivity contribution in [1.29, 1.82) is 0 Å². The van der Waals surface area contributed by atoms with Crippen LogP contribution in [0.15, 0.2) is 30.3 Å².